The SMILES string of the molecule is CC1=CCCC(C)=CCC1.[Pt]. The molecule has 0 fully saturated rings. The average molecular weight is 331 g/mol. The quantitative estimate of drug-likeness (QED) is 0.597. The van der Waals surface area contributed by atoms with Crippen molar-refractivity contribution in [3.63, 3.8) is 0 Å². The molecule has 1 heteroatoms. The molecule has 0 saturated carbocycles. The Morgan fingerprint density at radius 2 is 1.27 bits per heavy atom. The molecule has 0 atom stereocenters. The van der Waals surface area contributed by atoms with Gasteiger partial charge in [0.1, 0.15) is 0 Å². The summed E-state index contributed by atoms with van der Waals surface area (Å²) in [6.07, 6.45) is 9.75. The molecule has 0 radical (unpaired) electrons. The zero-order valence-electron chi connectivity index (χ0n) is 7.30. The average Bonchev–Trinajstić information content (AvgIpc) is 1.84. The van der Waals surface area contributed by atoms with Crippen molar-refractivity contribution in [3.8, 4) is 0 Å². The number of rotatable bonds is 0. The first-order valence-corrected chi connectivity index (χ1v) is 4.10. The minimum atomic E-state index is 0. The van der Waals surface area contributed by atoms with Gasteiger partial charge in [0, 0.05) is 21.1 Å². The maximum absolute atomic E-state index is 2.37. The molecule has 66 valence electrons. The van der Waals surface area contributed by atoms with E-state index in [1.54, 1.807) is 11.1 Å². The zero-order valence-corrected chi connectivity index (χ0v) is 9.57. The standard InChI is InChI=1S/C10H16.Pt/c1-9-5-3-7-10(2)8-4-6-9;/h5,8H,3-4,6-7H2,1-2H3;. The molecular formula is C10H16Pt. The topological polar surface area (TPSA) is 0 Å². The van der Waals surface area contributed by atoms with Gasteiger partial charge in [0.05, 0.1) is 0 Å². The van der Waals surface area contributed by atoms with Gasteiger partial charge in [-0.2, -0.15) is 0 Å². The summed E-state index contributed by atoms with van der Waals surface area (Å²) in [6, 6.07) is 0. The van der Waals surface area contributed by atoms with E-state index in [4.69, 9.17) is 0 Å². The molecule has 0 unspecified atom stereocenters. The van der Waals surface area contributed by atoms with Crippen LogP contribution in [0.5, 0.6) is 0 Å². The molecule has 0 saturated heterocycles. The van der Waals surface area contributed by atoms with Crippen molar-refractivity contribution in [2.24, 2.45) is 0 Å². The largest absolute Gasteiger partial charge is 0.0853 e. The van der Waals surface area contributed by atoms with Crippen molar-refractivity contribution in [1.29, 1.82) is 0 Å². The first-order chi connectivity index (χ1) is 4.79. The van der Waals surface area contributed by atoms with E-state index in [1.165, 1.54) is 25.7 Å². The summed E-state index contributed by atoms with van der Waals surface area (Å²) >= 11 is 0. The Bertz CT molecular complexity index is 146. The van der Waals surface area contributed by atoms with Gasteiger partial charge in [0.2, 0.25) is 0 Å². The summed E-state index contributed by atoms with van der Waals surface area (Å²) in [5.74, 6) is 0. The molecule has 0 aromatic heterocycles. The van der Waals surface area contributed by atoms with Crippen LogP contribution in [0.15, 0.2) is 23.3 Å². The first-order valence-electron chi connectivity index (χ1n) is 4.10. The second kappa shape index (κ2) is 5.77. The van der Waals surface area contributed by atoms with Crippen LogP contribution in [0.1, 0.15) is 39.5 Å². The molecule has 1 rings (SSSR count). The minimum Gasteiger partial charge on any atom is -0.0853 e. The maximum atomic E-state index is 2.37. The smallest absolute Gasteiger partial charge is 0 e. The van der Waals surface area contributed by atoms with Crippen LogP contribution in [-0.4, -0.2) is 0 Å². The predicted molar refractivity (Wildman–Crippen MR) is 46.0 cm³/mol. The third kappa shape index (κ3) is 4.58. The van der Waals surface area contributed by atoms with Crippen LogP contribution < -0.4 is 0 Å². The Morgan fingerprint density at radius 3 is 1.64 bits per heavy atom. The summed E-state index contributed by atoms with van der Waals surface area (Å²) in [5, 5.41) is 0. The van der Waals surface area contributed by atoms with Gasteiger partial charge in [0.25, 0.3) is 0 Å². The molecule has 0 N–H and O–H groups in total. The van der Waals surface area contributed by atoms with E-state index in [2.05, 4.69) is 26.0 Å². The van der Waals surface area contributed by atoms with Crippen molar-refractivity contribution in [2.45, 2.75) is 39.5 Å². The Kier molecular flexibility index (Phi) is 5.86. The van der Waals surface area contributed by atoms with Crippen molar-refractivity contribution < 1.29 is 21.1 Å². The molecule has 0 aromatic carbocycles. The van der Waals surface area contributed by atoms with Crippen molar-refractivity contribution >= 4 is 0 Å². The monoisotopic (exact) mass is 331 g/mol. The molecule has 0 aromatic rings. The summed E-state index contributed by atoms with van der Waals surface area (Å²) in [6.45, 7) is 4.46. The molecule has 1 aliphatic rings. The Labute approximate surface area is 84.0 Å². The molecule has 1 aliphatic carbocycles. The van der Waals surface area contributed by atoms with Crippen molar-refractivity contribution in [3.05, 3.63) is 23.3 Å². The van der Waals surface area contributed by atoms with E-state index < -0.39 is 0 Å². The van der Waals surface area contributed by atoms with Crippen molar-refractivity contribution in [1.82, 2.24) is 0 Å². The summed E-state index contributed by atoms with van der Waals surface area (Å²) < 4.78 is 0. The molecule has 11 heavy (non-hydrogen) atoms. The number of hydrogen-bond donors (Lipinski definition) is 0. The van der Waals surface area contributed by atoms with E-state index in [1.807, 2.05) is 0 Å². The van der Waals surface area contributed by atoms with E-state index >= 15 is 0 Å². The normalized spacial score (nSPS) is 18.7. The molecule has 0 heterocycles. The second-order valence-corrected chi connectivity index (χ2v) is 3.18. The van der Waals surface area contributed by atoms with Gasteiger partial charge in [-0.05, 0) is 39.5 Å². The van der Waals surface area contributed by atoms with Gasteiger partial charge in [-0.25, -0.2) is 0 Å². The Hall–Kier alpha value is 0.168. The van der Waals surface area contributed by atoms with Gasteiger partial charge in [-0.15, -0.1) is 0 Å². The fourth-order valence-electron chi connectivity index (χ4n) is 1.30. The van der Waals surface area contributed by atoms with Gasteiger partial charge >= 0.3 is 0 Å². The van der Waals surface area contributed by atoms with Crippen molar-refractivity contribution in [2.75, 3.05) is 0 Å². The van der Waals surface area contributed by atoms with Crippen LogP contribution in [0.2, 0.25) is 0 Å². The van der Waals surface area contributed by atoms with Gasteiger partial charge in [0.15, 0.2) is 0 Å². The van der Waals surface area contributed by atoms with Gasteiger partial charge in [-0.1, -0.05) is 23.3 Å². The van der Waals surface area contributed by atoms with Crippen LogP contribution in [0.4, 0.5) is 0 Å². The number of hydrogen-bond acceptors (Lipinski definition) is 0. The fourth-order valence-corrected chi connectivity index (χ4v) is 1.30. The van der Waals surface area contributed by atoms with Crippen LogP contribution in [0, 0.1) is 0 Å². The van der Waals surface area contributed by atoms with E-state index in [9.17, 15) is 0 Å². The van der Waals surface area contributed by atoms with Crippen LogP contribution in [-0.2, 0) is 21.1 Å². The third-order valence-corrected chi connectivity index (χ3v) is 2.06. The first kappa shape index (κ1) is 11.2. The van der Waals surface area contributed by atoms with Crippen LogP contribution in [0.25, 0.3) is 0 Å². The fraction of sp³-hybridized carbons (Fsp3) is 0.600. The van der Waals surface area contributed by atoms with E-state index in [0.717, 1.165) is 0 Å². The Balaban J connectivity index is 0.000001000. The van der Waals surface area contributed by atoms with Gasteiger partial charge < -0.3 is 0 Å². The second-order valence-electron chi connectivity index (χ2n) is 3.18. The Morgan fingerprint density at radius 1 is 0.909 bits per heavy atom. The van der Waals surface area contributed by atoms with E-state index in [0.29, 0.717) is 0 Å². The van der Waals surface area contributed by atoms with Gasteiger partial charge in [-0.3, -0.25) is 0 Å². The molecule has 0 bridgehead atoms. The predicted octanol–water partition coefficient (Wildman–Crippen LogP) is 3.45. The number of allylic oxidation sites excluding steroid dienone is 4. The van der Waals surface area contributed by atoms with Crippen LogP contribution in [0.3, 0.4) is 0 Å². The van der Waals surface area contributed by atoms with Crippen LogP contribution >= 0.6 is 0 Å². The molecule has 0 amide bonds. The summed E-state index contributed by atoms with van der Waals surface area (Å²) in [5.41, 5.74) is 3.12. The molecule has 0 spiro atoms. The third-order valence-electron chi connectivity index (χ3n) is 2.06. The molecule has 0 nitrogen and oxygen atoms in total. The maximum Gasteiger partial charge on any atom is 0 e. The summed E-state index contributed by atoms with van der Waals surface area (Å²) in [4.78, 5) is 0. The molecule has 0 aliphatic heterocycles. The summed E-state index contributed by atoms with van der Waals surface area (Å²) in [7, 11) is 0. The zero-order chi connectivity index (χ0) is 7.40. The van der Waals surface area contributed by atoms with E-state index in [-0.39, 0.29) is 21.1 Å². The molecular weight excluding hydrogens is 315 g/mol. The minimum absolute atomic E-state index is 0.